The van der Waals surface area contributed by atoms with Crippen LogP contribution in [-0.2, 0) is 11.4 Å². The van der Waals surface area contributed by atoms with E-state index in [0.29, 0.717) is 12.2 Å². The van der Waals surface area contributed by atoms with Gasteiger partial charge in [0.25, 0.3) is 0 Å². The zero-order chi connectivity index (χ0) is 16.8. The van der Waals surface area contributed by atoms with E-state index in [-0.39, 0.29) is 0 Å². The second-order valence-electron chi connectivity index (χ2n) is 5.18. The van der Waals surface area contributed by atoms with Crippen molar-refractivity contribution in [2.75, 3.05) is 0 Å². The van der Waals surface area contributed by atoms with E-state index in [9.17, 15) is 9.90 Å². The largest absolute Gasteiger partial charge is 0.489 e. The van der Waals surface area contributed by atoms with Crippen LogP contribution in [0.1, 0.15) is 16.0 Å². The fraction of sp³-hybridized carbons (Fsp3) is 0.0500. The summed E-state index contributed by atoms with van der Waals surface area (Å²) in [5, 5.41) is 11.3. The number of carboxylic acid groups (broad SMARTS) is 1. The van der Waals surface area contributed by atoms with Crippen LogP contribution in [0.25, 0.3) is 11.6 Å². The van der Waals surface area contributed by atoms with Crippen molar-refractivity contribution < 1.29 is 14.6 Å². The van der Waals surface area contributed by atoms with Gasteiger partial charge in [-0.2, -0.15) is 0 Å². The first-order valence-electron chi connectivity index (χ1n) is 7.48. The molecule has 0 saturated heterocycles. The molecule has 120 valence electrons. The summed E-state index contributed by atoms with van der Waals surface area (Å²) < 4.78 is 5.74. The topological polar surface area (TPSA) is 46.5 Å². The van der Waals surface area contributed by atoms with Gasteiger partial charge in [0.05, 0.1) is 5.57 Å². The van der Waals surface area contributed by atoms with Crippen LogP contribution in [-0.4, -0.2) is 11.1 Å². The first-order chi connectivity index (χ1) is 11.7. The number of hydrogen-bond acceptors (Lipinski definition) is 3. The highest BCUT2D eigenvalue weighted by Crippen LogP contribution is 2.24. The first-order valence-corrected chi connectivity index (χ1v) is 8.36. The number of rotatable bonds is 6. The van der Waals surface area contributed by atoms with Crippen molar-refractivity contribution in [2.45, 2.75) is 6.61 Å². The summed E-state index contributed by atoms with van der Waals surface area (Å²) in [4.78, 5) is 12.2. The molecular formula is C20H16O3S. The molecule has 3 aromatic rings. The Morgan fingerprint density at radius 1 is 1.00 bits per heavy atom. The lowest BCUT2D eigenvalue weighted by Gasteiger charge is -2.07. The summed E-state index contributed by atoms with van der Waals surface area (Å²) in [7, 11) is 0. The van der Waals surface area contributed by atoms with Gasteiger partial charge in [-0.25, -0.2) is 4.79 Å². The van der Waals surface area contributed by atoms with Crippen LogP contribution < -0.4 is 4.74 Å². The Balaban J connectivity index is 1.72. The number of benzene rings is 2. The van der Waals surface area contributed by atoms with Gasteiger partial charge in [-0.05, 0) is 40.8 Å². The van der Waals surface area contributed by atoms with E-state index in [1.165, 1.54) is 11.3 Å². The van der Waals surface area contributed by atoms with E-state index in [1.54, 1.807) is 6.08 Å². The Kier molecular flexibility index (Phi) is 5.08. The van der Waals surface area contributed by atoms with Gasteiger partial charge in [0.15, 0.2) is 0 Å². The van der Waals surface area contributed by atoms with Crippen LogP contribution >= 0.6 is 11.3 Å². The molecule has 0 aliphatic carbocycles. The van der Waals surface area contributed by atoms with Crippen molar-refractivity contribution in [3.63, 3.8) is 0 Å². The smallest absolute Gasteiger partial charge is 0.337 e. The van der Waals surface area contributed by atoms with E-state index in [0.717, 1.165) is 21.8 Å². The Morgan fingerprint density at radius 3 is 2.38 bits per heavy atom. The van der Waals surface area contributed by atoms with Gasteiger partial charge in [0, 0.05) is 4.88 Å². The number of thiophene rings is 1. The lowest BCUT2D eigenvalue weighted by Crippen LogP contribution is -1.98. The maximum Gasteiger partial charge on any atom is 0.337 e. The van der Waals surface area contributed by atoms with E-state index in [2.05, 4.69) is 0 Å². The van der Waals surface area contributed by atoms with Crippen molar-refractivity contribution in [3.8, 4) is 5.75 Å². The second kappa shape index (κ2) is 7.62. The van der Waals surface area contributed by atoms with Gasteiger partial charge in [0.2, 0.25) is 0 Å². The molecule has 2 aromatic carbocycles. The van der Waals surface area contributed by atoms with Gasteiger partial charge in [-0.1, -0.05) is 48.5 Å². The number of ether oxygens (including phenoxy) is 1. The summed E-state index contributed by atoms with van der Waals surface area (Å²) in [5.41, 5.74) is 2.23. The number of carboxylic acids is 1. The second-order valence-corrected chi connectivity index (χ2v) is 6.13. The van der Waals surface area contributed by atoms with Crippen LogP contribution in [0.3, 0.4) is 0 Å². The summed E-state index contributed by atoms with van der Waals surface area (Å²) in [6.45, 7) is 0.506. The average molecular weight is 336 g/mol. The Morgan fingerprint density at radius 2 is 1.75 bits per heavy atom. The molecule has 0 radical (unpaired) electrons. The van der Waals surface area contributed by atoms with Gasteiger partial charge >= 0.3 is 5.97 Å². The lowest BCUT2D eigenvalue weighted by molar-refractivity contribution is -0.130. The molecule has 0 saturated carbocycles. The van der Waals surface area contributed by atoms with Crippen LogP contribution in [0, 0.1) is 0 Å². The van der Waals surface area contributed by atoms with Crippen LogP contribution in [0.2, 0.25) is 0 Å². The predicted molar refractivity (Wildman–Crippen MR) is 97.0 cm³/mol. The Hall–Kier alpha value is -2.85. The summed E-state index contributed by atoms with van der Waals surface area (Å²) in [6.07, 6.45) is 1.68. The zero-order valence-corrected chi connectivity index (χ0v) is 13.7. The van der Waals surface area contributed by atoms with E-state index >= 15 is 0 Å². The fourth-order valence-corrected chi connectivity index (χ4v) is 2.97. The first kappa shape index (κ1) is 16.0. The van der Waals surface area contributed by atoms with E-state index in [4.69, 9.17) is 4.74 Å². The SMILES string of the molecule is O=C(O)/C(=C\c1ccc(OCc2ccccc2)cc1)c1cccs1. The average Bonchev–Trinajstić information content (AvgIpc) is 3.14. The molecule has 1 heterocycles. The van der Waals surface area contributed by atoms with Crippen molar-refractivity contribution in [1.82, 2.24) is 0 Å². The number of hydrogen-bond donors (Lipinski definition) is 1. The maximum atomic E-state index is 11.4. The fourth-order valence-electron chi connectivity index (χ4n) is 2.24. The Bertz CT molecular complexity index is 819. The molecule has 4 heteroatoms. The summed E-state index contributed by atoms with van der Waals surface area (Å²) in [6, 6.07) is 21.0. The zero-order valence-electron chi connectivity index (χ0n) is 12.9. The number of carbonyl (C=O) groups is 1. The highest BCUT2D eigenvalue weighted by Gasteiger charge is 2.11. The van der Waals surface area contributed by atoms with Crippen LogP contribution in [0.4, 0.5) is 0 Å². The molecule has 1 N–H and O–H groups in total. The highest BCUT2D eigenvalue weighted by atomic mass is 32.1. The van der Waals surface area contributed by atoms with Gasteiger partial charge in [0.1, 0.15) is 12.4 Å². The molecule has 0 aliphatic heterocycles. The molecule has 0 spiro atoms. The molecule has 0 atom stereocenters. The van der Waals surface area contributed by atoms with Crippen molar-refractivity contribution in [2.24, 2.45) is 0 Å². The molecule has 3 rings (SSSR count). The van der Waals surface area contributed by atoms with E-state index in [1.807, 2.05) is 72.1 Å². The normalized spacial score (nSPS) is 11.2. The van der Waals surface area contributed by atoms with Gasteiger partial charge in [-0.3, -0.25) is 0 Å². The summed E-state index contributed by atoms with van der Waals surface area (Å²) in [5.74, 6) is -0.175. The number of aliphatic carboxylic acids is 1. The predicted octanol–water partition coefficient (Wildman–Crippen LogP) is 4.95. The van der Waals surface area contributed by atoms with Crippen LogP contribution in [0.15, 0.2) is 72.1 Å². The van der Waals surface area contributed by atoms with Crippen LogP contribution in [0.5, 0.6) is 5.75 Å². The Labute approximate surface area is 144 Å². The third kappa shape index (κ3) is 4.12. The van der Waals surface area contributed by atoms with Crippen molar-refractivity contribution in [3.05, 3.63) is 88.1 Å². The molecule has 0 unspecified atom stereocenters. The van der Waals surface area contributed by atoms with E-state index < -0.39 is 5.97 Å². The molecule has 0 bridgehead atoms. The monoisotopic (exact) mass is 336 g/mol. The van der Waals surface area contributed by atoms with Crippen molar-refractivity contribution in [1.29, 1.82) is 0 Å². The third-order valence-corrected chi connectivity index (χ3v) is 4.36. The highest BCUT2D eigenvalue weighted by molar-refractivity contribution is 7.11. The maximum absolute atomic E-state index is 11.4. The standard InChI is InChI=1S/C20H16O3S/c21-20(22)18(19-7-4-12-24-19)13-15-8-10-17(11-9-15)23-14-16-5-2-1-3-6-16/h1-13H,14H2,(H,21,22)/b18-13-. The minimum absolute atomic E-state index is 0.294. The molecular weight excluding hydrogens is 320 g/mol. The molecule has 0 amide bonds. The summed E-state index contributed by atoms with van der Waals surface area (Å²) >= 11 is 1.41. The van der Waals surface area contributed by atoms with Gasteiger partial charge < -0.3 is 9.84 Å². The molecule has 0 aliphatic rings. The minimum atomic E-state index is -0.929. The molecule has 1 aromatic heterocycles. The minimum Gasteiger partial charge on any atom is -0.489 e. The lowest BCUT2D eigenvalue weighted by atomic mass is 10.1. The quantitative estimate of drug-likeness (QED) is 0.648. The molecule has 3 nitrogen and oxygen atoms in total. The molecule has 0 fully saturated rings. The van der Waals surface area contributed by atoms with Crippen molar-refractivity contribution >= 4 is 29.0 Å². The molecule has 24 heavy (non-hydrogen) atoms. The van der Waals surface area contributed by atoms with Gasteiger partial charge in [-0.15, -0.1) is 11.3 Å². The third-order valence-electron chi connectivity index (χ3n) is 3.46.